The quantitative estimate of drug-likeness (QED) is 0.552. The maximum absolute atomic E-state index is 5.67. The first-order chi connectivity index (χ1) is 15.6. The fraction of sp³-hybridized carbons (Fsp3) is 0.435. The summed E-state index contributed by atoms with van der Waals surface area (Å²) in [6.07, 6.45) is 5.74. The zero-order valence-electron chi connectivity index (χ0n) is 19.0. The lowest BCUT2D eigenvalue weighted by molar-refractivity contribution is 0.177. The molecule has 0 atom stereocenters. The van der Waals surface area contributed by atoms with E-state index in [-0.39, 0.29) is 0 Å². The molecule has 1 aliphatic heterocycles. The van der Waals surface area contributed by atoms with Crippen LogP contribution in [0.3, 0.4) is 0 Å². The van der Waals surface area contributed by atoms with Gasteiger partial charge in [-0.2, -0.15) is 10.2 Å². The number of aromatic nitrogens is 4. The molecule has 1 fully saturated rings. The van der Waals surface area contributed by atoms with Crippen molar-refractivity contribution in [1.29, 1.82) is 0 Å². The first kappa shape index (κ1) is 22.3. The summed E-state index contributed by atoms with van der Waals surface area (Å²) >= 11 is 5.67. The third-order valence-corrected chi connectivity index (χ3v) is 6.28. The van der Waals surface area contributed by atoms with Crippen LogP contribution in [-0.2, 0) is 19.6 Å². The topological polar surface area (TPSA) is 63.4 Å². The van der Waals surface area contributed by atoms with Gasteiger partial charge < -0.3 is 15.0 Å². The van der Waals surface area contributed by atoms with Crippen molar-refractivity contribution in [2.24, 2.45) is 0 Å². The van der Waals surface area contributed by atoms with Gasteiger partial charge in [-0.15, -0.1) is 0 Å². The van der Waals surface area contributed by atoms with Gasteiger partial charge in [-0.05, 0) is 43.8 Å². The molecule has 3 heterocycles. The van der Waals surface area contributed by atoms with Crippen molar-refractivity contribution in [3.8, 4) is 5.75 Å². The normalized spacial score (nSPS) is 14.5. The molecule has 4 rings (SSSR count). The Labute approximate surface area is 194 Å². The fourth-order valence-electron chi connectivity index (χ4n) is 3.99. The molecule has 3 aromatic rings. The lowest BCUT2D eigenvalue weighted by Crippen LogP contribution is -2.49. The number of benzene rings is 1. The number of hydrogen-bond acceptors (Lipinski definition) is 5. The molecule has 0 amide bonds. The second-order valence-electron chi connectivity index (χ2n) is 8.04. The molecule has 2 aromatic heterocycles. The summed E-state index contributed by atoms with van der Waals surface area (Å²) in [6, 6.07) is 8.27. The van der Waals surface area contributed by atoms with Crippen LogP contribution in [0, 0.1) is 6.92 Å². The Balaban J connectivity index is 1.26. The van der Waals surface area contributed by atoms with Gasteiger partial charge in [0.25, 0.3) is 0 Å². The summed E-state index contributed by atoms with van der Waals surface area (Å²) < 4.78 is 9.25. The molecule has 0 spiro atoms. The highest BCUT2D eigenvalue weighted by atomic mass is 32.1. The summed E-state index contributed by atoms with van der Waals surface area (Å²) in [6.45, 7) is 10.4. The molecule has 32 heavy (non-hydrogen) atoms. The monoisotopic (exact) mass is 453 g/mol. The predicted molar refractivity (Wildman–Crippen MR) is 130 cm³/mol. The van der Waals surface area contributed by atoms with E-state index in [9.17, 15) is 0 Å². The molecule has 0 saturated carbocycles. The van der Waals surface area contributed by atoms with Gasteiger partial charge in [0.15, 0.2) is 5.11 Å². The first-order valence-electron chi connectivity index (χ1n) is 11.0. The van der Waals surface area contributed by atoms with Gasteiger partial charge in [-0.1, -0.05) is 12.1 Å². The van der Waals surface area contributed by atoms with Gasteiger partial charge in [-0.25, -0.2) is 0 Å². The molecule has 9 heteroatoms. The van der Waals surface area contributed by atoms with Gasteiger partial charge in [-0.3, -0.25) is 14.3 Å². The number of methoxy groups -OCH3 is 1. The lowest BCUT2D eigenvalue weighted by Gasteiger charge is -2.36. The number of rotatable bonds is 7. The average molecular weight is 454 g/mol. The van der Waals surface area contributed by atoms with E-state index in [2.05, 4.69) is 51.3 Å². The van der Waals surface area contributed by atoms with E-state index in [0.717, 1.165) is 55.8 Å². The van der Waals surface area contributed by atoms with E-state index in [1.165, 1.54) is 16.8 Å². The standard InChI is InChI=1S/C23H31N7OS/c1-4-30-18(2)20(13-25-30)16-29-17-21(14-24-29)26-23(32)28-10-8-27(9-11-28)15-19-6-5-7-22(12-19)31-3/h5-7,12-14,17H,4,8-11,15-16H2,1-3H3,(H,26,32). The Morgan fingerprint density at radius 2 is 1.94 bits per heavy atom. The average Bonchev–Trinajstić information content (AvgIpc) is 3.40. The van der Waals surface area contributed by atoms with Crippen molar-refractivity contribution >= 4 is 23.0 Å². The summed E-state index contributed by atoms with van der Waals surface area (Å²) in [5.41, 5.74) is 4.54. The van der Waals surface area contributed by atoms with Crippen molar-refractivity contribution < 1.29 is 4.74 Å². The number of hydrogen-bond donors (Lipinski definition) is 1. The molecular formula is C23H31N7OS. The van der Waals surface area contributed by atoms with Crippen molar-refractivity contribution in [1.82, 2.24) is 29.4 Å². The number of piperazine rings is 1. The Kier molecular flexibility index (Phi) is 7.06. The van der Waals surface area contributed by atoms with Crippen LogP contribution in [0.4, 0.5) is 5.69 Å². The molecule has 8 nitrogen and oxygen atoms in total. The number of anilines is 1. The van der Waals surface area contributed by atoms with E-state index in [1.807, 2.05) is 40.1 Å². The highest BCUT2D eigenvalue weighted by Crippen LogP contribution is 2.16. The molecular weight excluding hydrogens is 422 g/mol. The second-order valence-corrected chi connectivity index (χ2v) is 8.43. The maximum Gasteiger partial charge on any atom is 0.173 e. The maximum atomic E-state index is 5.67. The fourth-order valence-corrected chi connectivity index (χ4v) is 4.29. The SMILES string of the molecule is CCn1ncc(Cn2cc(NC(=S)N3CCN(Cc4cccc(OC)c4)CC3)cn2)c1C. The molecule has 0 unspecified atom stereocenters. The number of nitrogens with zero attached hydrogens (tertiary/aromatic N) is 6. The van der Waals surface area contributed by atoms with E-state index < -0.39 is 0 Å². The van der Waals surface area contributed by atoms with Gasteiger partial charge >= 0.3 is 0 Å². The number of nitrogens with one attached hydrogen (secondary N) is 1. The number of thiocarbonyl (C=S) groups is 1. The van der Waals surface area contributed by atoms with E-state index in [4.69, 9.17) is 17.0 Å². The van der Waals surface area contributed by atoms with Crippen LogP contribution >= 0.6 is 12.2 Å². The molecule has 1 aromatic carbocycles. The van der Waals surface area contributed by atoms with Crippen LogP contribution in [0.25, 0.3) is 0 Å². The van der Waals surface area contributed by atoms with Crippen molar-refractivity contribution in [2.45, 2.75) is 33.5 Å². The molecule has 0 aliphatic carbocycles. The van der Waals surface area contributed by atoms with Crippen LogP contribution < -0.4 is 10.1 Å². The van der Waals surface area contributed by atoms with Gasteiger partial charge in [0.05, 0.1) is 31.7 Å². The van der Waals surface area contributed by atoms with Crippen molar-refractivity contribution in [3.05, 3.63) is 59.7 Å². The third kappa shape index (κ3) is 5.28. The van der Waals surface area contributed by atoms with Crippen molar-refractivity contribution in [3.63, 3.8) is 0 Å². The Bertz CT molecular complexity index is 1050. The van der Waals surface area contributed by atoms with Crippen LogP contribution in [0.5, 0.6) is 5.75 Å². The Morgan fingerprint density at radius 1 is 1.12 bits per heavy atom. The van der Waals surface area contributed by atoms with Gasteiger partial charge in [0, 0.05) is 56.7 Å². The molecule has 1 saturated heterocycles. The second kappa shape index (κ2) is 10.1. The molecule has 170 valence electrons. The largest absolute Gasteiger partial charge is 0.497 e. The highest BCUT2D eigenvalue weighted by Gasteiger charge is 2.19. The van der Waals surface area contributed by atoms with E-state index in [0.29, 0.717) is 6.54 Å². The Morgan fingerprint density at radius 3 is 2.66 bits per heavy atom. The minimum atomic E-state index is 0.698. The molecule has 0 radical (unpaired) electrons. The summed E-state index contributed by atoms with van der Waals surface area (Å²) in [4.78, 5) is 4.68. The lowest BCUT2D eigenvalue weighted by atomic mass is 10.2. The van der Waals surface area contributed by atoms with Crippen LogP contribution in [0.1, 0.15) is 23.7 Å². The predicted octanol–water partition coefficient (Wildman–Crippen LogP) is 2.98. The van der Waals surface area contributed by atoms with Crippen LogP contribution in [-0.4, -0.2) is 67.8 Å². The number of ether oxygens (including phenoxy) is 1. The van der Waals surface area contributed by atoms with E-state index >= 15 is 0 Å². The zero-order chi connectivity index (χ0) is 22.5. The molecule has 1 N–H and O–H groups in total. The van der Waals surface area contributed by atoms with E-state index in [1.54, 1.807) is 7.11 Å². The molecule has 0 bridgehead atoms. The highest BCUT2D eigenvalue weighted by molar-refractivity contribution is 7.80. The van der Waals surface area contributed by atoms with Gasteiger partial charge in [0.1, 0.15) is 5.75 Å². The Hall–Kier alpha value is -2.91. The first-order valence-corrected chi connectivity index (χ1v) is 11.4. The smallest absolute Gasteiger partial charge is 0.173 e. The zero-order valence-corrected chi connectivity index (χ0v) is 19.8. The molecule has 1 aliphatic rings. The summed E-state index contributed by atoms with van der Waals surface area (Å²) in [7, 11) is 1.71. The minimum Gasteiger partial charge on any atom is -0.497 e. The number of aryl methyl sites for hydroxylation is 1. The summed E-state index contributed by atoms with van der Waals surface area (Å²) in [5, 5.41) is 13.0. The van der Waals surface area contributed by atoms with Gasteiger partial charge in [0.2, 0.25) is 0 Å². The third-order valence-electron chi connectivity index (χ3n) is 5.92. The van der Waals surface area contributed by atoms with Crippen LogP contribution in [0.2, 0.25) is 0 Å². The van der Waals surface area contributed by atoms with Crippen molar-refractivity contribution in [2.75, 3.05) is 38.6 Å². The minimum absolute atomic E-state index is 0.698. The van der Waals surface area contributed by atoms with Crippen LogP contribution in [0.15, 0.2) is 42.9 Å². The summed E-state index contributed by atoms with van der Waals surface area (Å²) in [5.74, 6) is 0.904.